The fourth-order valence-corrected chi connectivity index (χ4v) is 2.15. The van der Waals surface area contributed by atoms with Crippen molar-refractivity contribution in [1.29, 1.82) is 0 Å². The minimum Gasteiger partial charge on any atom is -0.241 e. The summed E-state index contributed by atoms with van der Waals surface area (Å²) in [4.78, 5) is 3.87. The van der Waals surface area contributed by atoms with Crippen LogP contribution in [-0.2, 0) is 6.42 Å². The van der Waals surface area contributed by atoms with Crippen molar-refractivity contribution >= 4 is 11.3 Å². The van der Waals surface area contributed by atoms with E-state index in [4.69, 9.17) is 0 Å². The number of nitrogens with zero attached hydrogens (tertiary/aromatic N) is 1. The number of thiazole rings is 1. The molecule has 0 bridgehead atoms. The highest BCUT2D eigenvalue weighted by molar-refractivity contribution is 7.09. The summed E-state index contributed by atoms with van der Waals surface area (Å²) in [6.45, 7) is 0. The number of hydrogen-bond acceptors (Lipinski definition) is 2. The zero-order valence-electron chi connectivity index (χ0n) is 8.46. The molecule has 0 fully saturated rings. The number of hydrogen-bond donors (Lipinski definition) is 0. The van der Waals surface area contributed by atoms with E-state index in [2.05, 4.69) is 4.98 Å². The van der Waals surface area contributed by atoms with Gasteiger partial charge in [-0.15, -0.1) is 11.3 Å². The number of aromatic nitrogens is 1. The van der Waals surface area contributed by atoms with Crippen LogP contribution in [0.5, 0.6) is 0 Å². The molecular formula is C11H7F4NS. The molecule has 0 aliphatic heterocycles. The molecule has 0 radical (unpaired) electrons. The Morgan fingerprint density at radius 2 is 1.76 bits per heavy atom. The Bertz CT molecular complexity index is 501. The van der Waals surface area contributed by atoms with Gasteiger partial charge in [-0.3, -0.25) is 0 Å². The van der Waals surface area contributed by atoms with Crippen LogP contribution >= 0.6 is 11.3 Å². The monoisotopic (exact) mass is 261 g/mol. The second-order valence-electron chi connectivity index (χ2n) is 3.43. The summed E-state index contributed by atoms with van der Waals surface area (Å²) >= 11 is 0.951. The molecule has 1 aromatic heterocycles. The van der Waals surface area contributed by atoms with Gasteiger partial charge in [0.25, 0.3) is 0 Å². The largest absolute Gasteiger partial charge is 0.395 e. The van der Waals surface area contributed by atoms with Gasteiger partial charge in [-0.25, -0.2) is 9.37 Å². The molecule has 0 saturated heterocycles. The molecule has 2 aromatic rings. The van der Waals surface area contributed by atoms with Crippen molar-refractivity contribution in [3.63, 3.8) is 0 Å². The second kappa shape index (κ2) is 4.44. The second-order valence-corrected chi connectivity index (χ2v) is 4.37. The molecule has 1 aromatic carbocycles. The Morgan fingerprint density at radius 3 is 2.35 bits per heavy atom. The quantitative estimate of drug-likeness (QED) is 0.743. The molecule has 90 valence electrons. The molecule has 0 aliphatic rings. The van der Waals surface area contributed by atoms with Crippen molar-refractivity contribution in [1.82, 2.24) is 4.98 Å². The lowest BCUT2D eigenvalue weighted by atomic mass is 10.2. The molecule has 6 heteroatoms. The first kappa shape index (κ1) is 12.0. The fourth-order valence-electron chi connectivity index (χ4n) is 1.32. The van der Waals surface area contributed by atoms with Gasteiger partial charge in [0.2, 0.25) is 0 Å². The van der Waals surface area contributed by atoms with Crippen molar-refractivity contribution in [2.24, 2.45) is 0 Å². The number of rotatable bonds is 2. The Kier molecular flexibility index (Phi) is 3.15. The van der Waals surface area contributed by atoms with Crippen LogP contribution in [0.1, 0.15) is 5.01 Å². The third-order valence-electron chi connectivity index (χ3n) is 2.04. The first-order valence-electron chi connectivity index (χ1n) is 4.71. The molecule has 17 heavy (non-hydrogen) atoms. The van der Waals surface area contributed by atoms with Crippen LogP contribution in [0.2, 0.25) is 0 Å². The molecule has 2 rings (SSSR count). The van der Waals surface area contributed by atoms with Crippen LogP contribution in [0.25, 0.3) is 11.3 Å². The van der Waals surface area contributed by atoms with E-state index in [0.29, 0.717) is 11.3 Å². The molecule has 1 heterocycles. The maximum atomic E-state index is 12.7. The van der Waals surface area contributed by atoms with E-state index < -0.39 is 12.6 Å². The minimum atomic E-state index is -4.25. The lowest BCUT2D eigenvalue weighted by Crippen LogP contribution is -2.11. The molecule has 1 nitrogen and oxygen atoms in total. The average molecular weight is 261 g/mol. The smallest absolute Gasteiger partial charge is 0.241 e. The van der Waals surface area contributed by atoms with Crippen molar-refractivity contribution in [3.05, 3.63) is 40.5 Å². The van der Waals surface area contributed by atoms with Gasteiger partial charge in [0.05, 0.1) is 12.1 Å². The highest BCUT2D eigenvalue weighted by Gasteiger charge is 2.29. The molecule has 0 N–H and O–H groups in total. The van der Waals surface area contributed by atoms with E-state index in [-0.39, 0.29) is 10.8 Å². The average Bonchev–Trinajstić information content (AvgIpc) is 2.64. The van der Waals surface area contributed by atoms with Gasteiger partial charge in [0.15, 0.2) is 0 Å². The third kappa shape index (κ3) is 3.26. The SMILES string of the molecule is Fc1ccc(-c2csc(CC(F)(F)F)n2)cc1. The van der Waals surface area contributed by atoms with E-state index >= 15 is 0 Å². The third-order valence-corrected chi connectivity index (χ3v) is 2.89. The van der Waals surface area contributed by atoms with Crippen molar-refractivity contribution < 1.29 is 17.6 Å². The standard InChI is InChI=1S/C11H7F4NS/c12-8-3-1-7(2-4-8)9-6-17-10(16-9)5-11(13,14)15/h1-4,6H,5H2. The fraction of sp³-hybridized carbons (Fsp3) is 0.182. The van der Waals surface area contributed by atoms with E-state index in [1.165, 1.54) is 29.6 Å². The first-order valence-corrected chi connectivity index (χ1v) is 5.59. The van der Waals surface area contributed by atoms with Crippen LogP contribution in [-0.4, -0.2) is 11.2 Å². The minimum absolute atomic E-state index is 0.0109. The summed E-state index contributed by atoms with van der Waals surface area (Å²) in [5.41, 5.74) is 1.05. The topological polar surface area (TPSA) is 12.9 Å². The molecule has 0 unspecified atom stereocenters. The summed E-state index contributed by atoms with van der Waals surface area (Å²) < 4.78 is 49.0. The predicted molar refractivity (Wildman–Crippen MR) is 57.3 cm³/mol. The van der Waals surface area contributed by atoms with Gasteiger partial charge in [0.1, 0.15) is 10.8 Å². The van der Waals surface area contributed by atoms with Crippen molar-refractivity contribution in [3.8, 4) is 11.3 Å². The van der Waals surface area contributed by atoms with Gasteiger partial charge in [0, 0.05) is 10.9 Å². The maximum Gasteiger partial charge on any atom is 0.395 e. The van der Waals surface area contributed by atoms with Gasteiger partial charge >= 0.3 is 6.18 Å². The Balaban J connectivity index is 2.21. The first-order chi connectivity index (χ1) is 7.94. The summed E-state index contributed by atoms with van der Waals surface area (Å²) in [5, 5.41) is 1.55. The summed E-state index contributed by atoms with van der Waals surface area (Å²) in [6, 6.07) is 5.47. The molecule has 0 spiro atoms. The number of alkyl halides is 3. The predicted octanol–water partition coefficient (Wildman–Crippen LogP) is 4.05. The van der Waals surface area contributed by atoms with Crippen molar-refractivity contribution in [2.75, 3.05) is 0 Å². The van der Waals surface area contributed by atoms with E-state index in [1.807, 2.05) is 0 Å². The molecule has 0 amide bonds. The van der Waals surface area contributed by atoms with Crippen LogP contribution < -0.4 is 0 Å². The van der Waals surface area contributed by atoms with Crippen molar-refractivity contribution in [2.45, 2.75) is 12.6 Å². The lowest BCUT2D eigenvalue weighted by molar-refractivity contribution is -0.127. The summed E-state index contributed by atoms with van der Waals surface area (Å²) in [6.07, 6.45) is -5.28. The van der Waals surface area contributed by atoms with Gasteiger partial charge in [-0.2, -0.15) is 13.2 Å². The maximum absolute atomic E-state index is 12.7. The van der Waals surface area contributed by atoms with Crippen LogP contribution in [0.4, 0.5) is 17.6 Å². The zero-order chi connectivity index (χ0) is 12.5. The zero-order valence-corrected chi connectivity index (χ0v) is 9.28. The Morgan fingerprint density at radius 1 is 1.12 bits per heavy atom. The summed E-state index contributed by atoms with van der Waals surface area (Å²) in [7, 11) is 0. The van der Waals surface area contributed by atoms with Gasteiger partial charge in [-0.05, 0) is 24.3 Å². The van der Waals surface area contributed by atoms with Crippen LogP contribution in [0.3, 0.4) is 0 Å². The molecular weight excluding hydrogens is 254 g/mol. The normalized spacial score (nSPS) is 11.8. The van der Waals surface area contributed by atoms with Crippen LogP contribution in [0, 0.1) is 5.82 Å². The van der Waals surface area contributed by atoms with E-state index in [1.54, 1.807) is 0 Å². The Labute approximate surface area is 98.7 Å². The van der Waals surface area contributed by atoms with Crippen LogP contribution in [0.15, 0.2) is 29.6 Å². The lowest BCUT2D eigenvalue weighted by Gasteiger charge is -2.01. The molecule has 0 aliphatic carbocycles. The molecule has 0 saturated carbocycles. The Hall–Kier alpha value is -1.43. The highest BCUT2D eigenvalue weighted by atomic mass is 32.1. The summed E-state index contributed by atoms with van der Waals surface area (Å²) in [5.74, 6) is -0.389. The van der Waals surface area contributed by atoms with Gasteiger partial charge in [-0.1, -0.05) is 0 Å². The highest BCUT2D eigenvalue weighted by Crippen LogP contribution is 2.27. The van der Waals surface area contributed by atoms with Gasteiger partial charge < -0.3 is 0 Å². The molecule has 0 atom stereocenters. The number of benzene rings is 1. The number of halogens is 4. The van der Waals surface area contributed by atoms with E-state index in [9.17, 15) is 17.6 Å². The van der Waals surface area contributed by atoms with E-state index in [0.717, 1.165) is 11.3 Å².